The SMILES string of the molecule is Cl.O=C(Nc1ccc(N2CCNC2=O)cc1)C1CCNCC1. The Hall–Kier alpha value is -1.79. The largest absolute Gasteiger partial charge is 0.336 e. The lowest BCUT2D eigenvalue weighted by atomic mass is 9.97. The zero-order valence-corrected chi connectivity index (χ0v) is 13.1. The van der Waals surface area contributed by atoms with Gasteiger partial charge in [0.25, 0.3) is 0 Å². The molecule has 3 amide bonds. The summed E-state index contributed by atoms with van der Waals surface area (Å²) in [4.78, 5) is 25.4. The summed E-state index contributed by atoms with van der Waals surface area (Å²) in [5.74, 6) is 0.179. The molecule has 2 fully saturated rings. The minimum absolute atomic E-state index is 0. The van der Waals surface area contributed by atoms with E-state index in [2.05, 4.69) is 16.0 Å². The molecule has 0 aliphatic carbocycles. The van der Waals surface area contributed by atoms with Crippen molar-refractivity contribution in [2.45, 2.75) is 12.8 Å². The topological polar surface area (TPSA) is 73.5 Å². The lowest BCUT2D eigenvalue weighted by molar-refractivity contribution is -0.120. The molecule has 2 aliphatic heterocycles. The van der Waals surface area contributed by atoms with Crippen LogP contribution in [0.25, 0.3) is 0 Å². The number of hydrogen-bond donors (Lipinski definition) is 3. The number of piperidine rings is 1. The first-order valence-corrected chi connectivity index (χ1v) is 7.41. The molecular weight excluding hydrogens is 304 g/mol. The Labute approximate surface area is 136 Å². The van der Waals surface area contributed by atoms with Crippen molar-refractivity contribution in [3.8, 4) is 0 Å². The van der Waals surface area contributed by atoms with Gasteiger partial charge in [-0.2, -0.15) is 0 Å². The molecule has 2 aliphatic rings. The van der Waals surface area contributed by atoms with Gasteiger partial charge in [-0.05, 0) is 50.2 Å². The summed E-state index contributed by atoms with van der Waals surface area (Å²) >= 11 is 0. The number of amides is 3. The summed E-state index contributed by atoms with van der Waals surface area (Å²) in [7, 11) is 0. The van der Waals surface area contributed by atoms with Crippen LogP contribution in [0.2, 0.25) is 0 Å². The molecule has 1 aromatic carbocycles. The fraction of sp³-hybridized carbons (Fsp3) is 0.467. The van der Waals surface area contributed by atoms with Gasteiger partial charge in [0.15, 0.2) is 0 Å². The number of urea groups is 1. The highest BCUT2D eigenvalue weighted by Crippen LogP contribution is 2.21. The zero-order chi connectivity index (χ0) is 14.7. The van der Waals surface area contributed by atoms with Crippen LogP contribution in [0.3, 0.4) is 0 Å². The van der Waals surface area contributed by atoms with E-state index in [1.807, 2.05) is 24.3 Å². The first-order chi connectivity index (χ1) is 10.2. The zero-order valence-electron chi connectivity index (χ0n) is 12.3. The molecule has 0 bridgehead atoms. The van der Waals surface area contributed by atoms with Gasteiger partial charge in [0, 0.05) is 30.4 Å². The summed E-state index contributed by atoms with van der Waals surface area (Å²) in [5, 5.41) is 8.98. The number of hydrogen-bond acceptors (Lipinski definition) is 3. The van der Waals surface area contributed by atoms with E-state index in [4.69, 9.17) is 0 Å². The molecule has 0 radical (unpaired) electrons. The molecule has 0 unspecified atom stereocenters. The Bertz CT molecular complexity index is 529. The Morgan fingerprint density at radius 3 is 2.41 bits per heavy atom. The number of nitrogens with zero attached hydrogens (tertiary/aromatic N) is 1. The van der Waals surface area contributed by atoms with Crippen molar-refractivity contribution in [1.82, 2.24) is 10.6 Å². The number of nitrogens with one attached hydrogen (secondary N) is 3. The molecule has 0 atom stereocenters. The maximum Gasteiger partial charge on any atom is 0.321 e. The van der Waals surface area contributed by atoms with E-state index in [9.17, 15) is 9.59 Å². The molecule has 0 spiro atoms. The fourth-order valence-corrected chi connectivity index (χ4v) is 2.77. The summed E-state index contributed by atoms with van der Waals surface area (Å²) < 4.78 is 0. The molecule has 0 aromatic heterocycles. The molecular formula is C15H21ClN4O2. The Morgan fingerprint density at radius 2 is 1.82 bits per heavy atom. The highest BCUT2D eigenvalue weighted by atomic mass is 35.5. The first-order valence-electron chi connectivity index (χ1n) is 7.41. The summed E-state index contributed by atoms with van der Waals surface area (Å²) in [5.41, 5.74) is 1.63. The van der Waals surface area contributed by atoms with Crippen molar-refractivity contribution in [1.29, 1.82) is 0 Å². The molecule has 3 rings (SSSR count). The lowest BCUT2D eigenvalue weighted by Crippen LogP contribution is -2.34. The van der Waals surface area contributed by atoms with Crippen LogP contribution in [0.15, 0.2) is 24.3 Å². The van der Waals surface area contributed by atoms with Gasteiger partial charge in [-0.25, -0.2) is 4.79 Å². The maximum atomic E-state index is 12.1. The summed E-state index contributed by atoms with van der Waals surface area (Å²) in [6, 6.07) is 7.35. The van der Waals surface area contributed by atoms with Crippen LogP contribution < -0.4 is 20.9 Å². The van der Waals surface area contributed by atoms with Crippen LogP contribution >= 0.6 is 12.4 Å². The van der Waals surface area contributed by atoms with Crippen molar-refractivity contribution in [2.24, 2.45) is 5.92 Å². The van der Waals surface area contributed by atoms with E-state index < -0.39 is 0 Å². The van der Waals surface area contributed by atoms with Gasteiger partial charge in [-0.1, -0.05) is 0 Å². The van der Waals surface area contributed by atoms with Gasteiger partial charge in [0.2, 0.25) is 5.91 Å². The number of carbonyl (C=O) groups excluding carboxylic acids is 2. The first kappa shape index (κ1) is 16.6. The van der Waals surface area contributed by atoms with Gasteiger partial charge in [0.1, 0.15) is 0 Å². The Morgan fingerprint density at radius 1 is 1.14 bits per heavy atom. The van der Waals surface area contributed by atoms with Crippen LogP contribution in [0.5, 0.6) is 0 Å². The lowest BCUT2D eigenvalue weighted by Gasteiger charge is -2.22. The highest BCUT2D eigenvalue weighted by molar-refractivity contribution is 5.95. The minimum Gasteiger partial charge on any atom is -0.336 e. The molecule has 2 saturated heterocycles. The minimum atomic E-state index is -0.0681. The fourth-order valence-electron chi connectivity index (χ4n) is 2.77. The van der Waals surface area contributed by atoms with Gasteiger partial charge in [0.05, 0.1) is 0 Å². The summed E-state index contributed by atoms with van der Waals surface area (Å²) in [6.45, 7) is 3.16. The second kappa shape index (κ2) is 7.47. The number of benzene rings is 1. The van der Waals surface area contributed by atoms with Gasteiger partial charge >= 0.3 is 6.03 Å². The highest BCUT2D eigenvalue weighted by Gasteiger charge is 2.22. The molecule has 1 aromatic rings. The smallest absolute Gasteiger partial charge is 0.321 e. The average Bonchev–Trinajstić information content (AvgIpc) is 2.95. The van der Waals surface area contributed by atoms with Crippen LogP contribution in [-0.2, 0) is 4.79 Å². The van der Waals surface area contributed by atoms with Crippen molar-refractivity contribution < 1.29 is 9.59 Å². The van der Waals surface area contributed by atoms with Gasteiger partial charge < -0.3 is 16.0 Å². The number of carbonyl (C=O) groups is 2. The standard InChI is InChI=1S/C15H20N4O2.ClH/c20-14(11-5-7-16-8-6-11)18-12-1-3-13(4-2-12)19-10-9-17-15(19)21;/h1-4,11,16H,5-10H2,(H,17,21)(H,18,20);1H. The number of halogens is 1. The maximum absolute atomic E-state index is 12.1. The molecule has 2 heterocycles. The van der Waals surface area contributed by atoms with Crippen molar-refractivity contribution in [3.05, 3.63) is 24.3 Å². The third kappa shape index (κ3) is 3.69. The van der Waals surface area contributed by atoms with Gasteiger partial charge in [-0.15, -0.1) is 12.4 Å². The van der Waals surface area contributed by atoms with E-state index in [-0.39, 0.29) is 30.3 Å². The van der Waals surface area contributed by atoms with Crippen LogP contribution in [0, 0.1) is 5.92 Å². The molecule has 0 saturated carbocycles. The van der Waals surface area contributed by atoms with Crippen molar-refractivity contribution in [2.75, 3.05) is 36.4 Å². The molecule has 22 heavy (non-hydrogen) atoms. The van der Waals surface area contributed by atoms with Crippen LogP contribution in [0.4, 0.5) is 16.2 Å². The predicted octanol–water partition coefficient (Wildman–Crippen LogP) is 1.58. The molecule has 6 nitrogen and oxygen atoms in total. The second-order valence-corrected chi connectivity index (χ2v) is 5.44. The van der Waals surface area contributed by atoms with E-state index in [1.165, 1.54) is 0 Å². The van der Waals surface area contributed by atoms with Gasteiger partial charge in [-0.3, -0.25) is 9.69 Å². The molecule has 3 N–H and O–H groups in total. The monoisotopic (exact) mass is 324 g/mol. The predicted molar refractivity (Wildman–Crippen MR) is 88.7 cm³/mol. The number of anilines is 2. The molecule has 7 heteroatoms. The number of rotatable bonds is 3. The Kier molecular flexibility index (Phi) is 5.63. The van der Waals surface area contributed by atoms with E-state index >= 15 is 0 Å². The Balaban J connectivity index is 0.00000176. The third-order valence-electron chi connectivity index (χ3n) is 4.01. The van der Waals surface area contributed by atoms with Crippen LogP contribution in [-0.4, -0.2) is 38.1 Å². The van der Waals surface area contributed by atoms with E-state index in [0.717, 1.165) is 37.3 Å². The van der Waals surface area contributed by atoms with Crippen molar-refractivity contribution in [3.63, 3.8) is 0 Å². The average molecular weight is 325 g/mol. The van der Waals surface area contributed by atoms with E-state index in [1.54, 1.807) is 4.90 Å². The molecule has 120 valence electrons. The third-order valence-corrected chi connectivity index (χ3v) is 4.01. The summed E-state index contributed by atoms with van der Waals surface area (Å²) in [6.07, 6.45) is 1.77. The quantitative estimate of drug-likeness (QED) is 0.790. The second-order valence-electron chi connectivity index (χ2n) is 5.44. The van der Waals surface area contributed by atoms with Crippen LogP contribution in [0.1, 0.15) is 12.8 Å². The normalized spacial score (nSPS) is 18.5. The van der Waals surface area contributed by atoms with E-state index in [0.29, 0.717) is 13.1 Å². The van der Waals surface area contributed by atoms with Crippen molar-refractivity contribution >= 4 is 35.7 Å².